The van der Waals surface area contributed by atoms with Crippen molar-refractivity contribution in [1.29, 1.82) is 0 Å². The molecule has 1 saturated heterocycles. The summed E-state index contributed by atoms with van der Waals surface area (Å²) >= 11 is 0. The van der Waals surface area contributed by atoms with Crippen molar-refractivity contribution in [3.05, 3.63) is 0 Å². The molecule has 0 bridgehead atoms. The Morgan fingerprint density at radius 3 is 2.22 bits per heavy atom. The van der Waals surface area contributed by atoms with E-state index in [2.05, 4.69) is 8.83 Å². The van der Waals surface area contributed by atoms with Crippen molar-refractivity contribution in [2.24, 2.45) is 5.73 Å². The number of carbonyl (C=O) groups is 1. The van der Waals surface area contributed by atoms with E-state index in [9.17, 15) is 29.0 Å². The highest BCUT2D eigenvalue weighted by Gasteiger charge is 2.59. The van der Waals surface area contributed by atoms with Gasteiger partial charge in [0.05, 0.1) is 6.61 Å². The van der Waals surface area contributed by atoms with Crippen molar-refractivity contribution in [2.75, 3.05) is 6.61 Å². The van der Waals surface area contributed by atoms with Crippen LogP contribution in [-0.4, -0.2) is 72.5 Å². The number of ether oxygens (including phenoxy) is 1. The summed E-state index contributed by atoms with van der Waals surface area (Å²) < 4.78 is 34.9. The van der Waals surface area contributed by atoms with Gasteiger partial charge in [0.2, 0.25) is 0 Å². The van der Waals surface area contributed by atoms with Crippen LogP contribution in [0.4, 0.5) is 0 Å². The molecule has 0 spiro atoms. The first-order chi connectivity index (χ1) is 10.2. The molecule has 0 aromatic rings. The molecule has 1 heterocycles. The number of phosphoric acid groups is 2. The lowest BCUT2D eigenvalue weighted by Crippen LogP contribution is -2.74. The average Bonchev–Trinajstić information content (AvgIpc) is 2.36. The Balaban J connectivity index is 3.16. The summed E-state index contributed by atoms with van der Waals surface area (Å²) in [5.41, 5.74) is 3.03. The van der Waals surface area contributed by atoms with Crippen LogP contribution in [0, 0.1) is 0 Å². The summed E-state index contributed by atoms with van der Waals surface area (Å²) in [5.74, 6) is -1.04. The van der Waals surface area contributed by atoms with Gasteiger partial charge in [-0.2, -0.15) is 4.31 Å². The topological polar surface area (TPSA) is 226 Å². The lowest BCUT2D eigenvalue weighted by molar-refractivity contribution is -0.264. The maximum Gasteiger partial charge on any atom is 0.483 e. The number of aliphatic hydroxyl groups excluding tert-OH is 3. The first kappa shape index (κ1) is 20.8. The van der Waals surface area contributed by atoms with Gasteiger partial charge in [-0.1, -0.05) is 0 Å². The molecule has 13 nitrogen and oxygen atoms in total. The van der Waals surface area contributed by atoms with Crippen molar-refractivity contribution in [3.63, 3.8) is 0 Å². The third-order valence-corrected chi connectivity index (χ3v) is 5.24. The number of rotatable bonds is 6. The average molecular weight is 381 g/mol. The molecule has 8 N–H and O–H groups in total. The molecule has 1 fully saturated rings. The Labute approximate surface area is 129 Å². The molecule has 0 aliphatic carbocycles. The minimum Gasteiger partial charge on any atom is -0.394 e. The fraction of sp³-hybridized carbons (Fsp3) is 0.875. The number of hydrogen-bond donors (Lipinski definition) is 7. The van der Waals surface area contributed by atoms with Gasteiger partial charge in [-0.15, -0.1) is 0 Å². The zero-order chi connectivity index (χ0) is 18.2. The van der Waals surface area contributed by atoms with Crippen LogP contribution >= 0.6 is 15.6 Å². The maximum absolute atomic E-state index is 11.7. The molecule has 0 aromatic carbocycles. The Kier molecular flexibility index (Phi) is 6.25. The summed E-state index contributed by atoms with van der Waals surface area (Å²) in [6.07, 6.45) is -7.72. The number of aliphatic hydroxyl groups is 3. The standard InChI is InChI=1S/C8H17NO12P2/c1-3(11)8(9)6(13)5(12)4(2-10)19-7(8)20-23(17,18)21-22(14,15)16/h4-7,10,12-13H,2,9H2,1H3,(H,17,18)(H2,14,15,16)/t4-,5-,6+,7?,8-/m1/s1. The lowest BCUT2D eigenvalue weighted by Gasteiger charge is -2.47. The molecular formula is C8H17NO12P2. The van der Waals surface area contributed by atoms with Gasteiger partial charge >= 0.3 is 15.6 Å². The molecule has 1 rings (SSSR count). The molecule has 0 saturated carbocycles. The van der Waals surface area contributed by atoms with Crippen molar-refractivity contribution in [3.8, 4) is 0 Å². The third kappa shape index (κ3) is 4.63. The highest BCUT2D eigenvalue weighted by Crippen LogP contribution is 2.59. The number of carbonyl (C=O) groups excluding carboxylic acids is 1. The molecule has 2 unspecified atom stereocenters. The van der Waals surface area contributed by atoms with Gasteiger partial charge in [-0.3, -0.25) is 9.32 Å². The number of ketones is 1. The van der Waals surface area contributed by atoms with E-state index in [4.69, 9.17) is 25.4 Å². The Bertz CT molecular complexity index is 549. The largest absolute Gasteiger partial charge is 0.483 e. The molecule has 6 atom stereocenters. The SMILES string of the molecule is CC(=O)[C@]1(N)C(OP(=O)(O)OP(=O)(O)O)O[C@H](CO)[C@@H](O)[C@@H]1O. The van der Waals surface area contributed by atoms with Gasteiger partial charge in [-0.25, -0.2) is 9.13 Å². The lowest BCUT2D eigenvalue weighted by atomic mass is 9.81. The highest BCUT2D eigenvalue weighted by atomic mass is 31.3. The van der Waals surface area contributed by atoms with Gasteiger partial charge in [0.1, 0.15) is 18.3 Å². The molecule has 1 aliphatic rings. The van der Waals surface area contributed by atoms with Crippen LogP contribution in [0.15, 0.2) is 0 Å². The monoisotopic (exact) mass is 381 g/mol. The summed E-state index contributed by atoms with van der Waals surface area (Å²) in [6.45, 7) is -0.0395. The Hall–Kier alpha value is -0.270. The van der Waals surface area contributed by atoms with Crippen LogP contribution in [0.25, 0.3) is 0 Å². The fourth-order valence-electron chi connectivity index (χ4n) is 1.89. The zero-order valence-corrected chi connectivity index (χ0v) is 13.4. The van der Waals surface area contributed by atoms with E-state index in [0.717, 1.165) is 6.92 Å². The van der Waals surface area contributed by atoms with Crippen LogP contribution in [0.3, 0.4) is 0 Å². The summed E-state index contributed by atoms with van der Waals surface area (Å²) in [4.78, 5) is 38.0. The quantitative estimate of drug-likeness (QED) is 0.227. The second-order valence-corrected chi connectivity index (χ2v) is 7.54. The molecular weight excluding hydrogens is 364 g/mol. The molecule has 15 heteroatoms. The van der Waals surface area contributed by atoms with Crippen LogP contribution < -0.4 is 5.73 Å². The Morgan fingerprint density at radius 2 is 1.83 bits per heavy atom. The Morgan fingerprint density at radius 1 is 1.30 bits per heavy atom. The van der Waals surface area contributed by atoms with Crippen LogP contribution in [0.1, 0.15) is 6.92 Å². The number of nitrogens with two attached hydrogens (primary N) is 1. The molecule has 0 radical (unpaired) electrons. The smallest absolute Gasteiger partial charge is 0.394 e. The summed E-state index contributed by atoms with van der Waals surface area (Å²) in [5, 5.41) is 28.7. The molecule has 1 aliphatic heterocycles. The van der Waals surface area contributed by atoms with Gasteiger partial charge in [0.25, 0.3) is 0 Å². The van der Waals surface area contributed by atoms with E-state index in [1.54, 1.807) is 0 Å². The number of phosphoric ester groups is 1. The first-order valence-electron chi connectivity index (χ1n) is 5.95. The second kappa shape index (κ2) is 6.92. The van der Waals surface area contributed by atoms with Crippen molar-refractivity contribution >= 4 is 21.4 Å². The second-order valence-electron chi connectivity index (χ2n) is 4.76. The van der Waals surface area contributed by atoms with E-state index in [1.165, 1.54) is 0 Å². The minimum atomic E-state index is -5.48. The van der Waals surface area contributed by atoms with E-state index >= 15 is 0 Å². The predicted molar refractivity (Wildman–Crippen MR) is 69.4 cm³/mol. The predicted octanol–water partition coefficient (Wildman–Crippen LogP) is -3.06. The third-order valence-electron chi connectivity index (χ3n) is 3.11. The normalized spacial score (nSPS) is 38.1. The molecule has 136 valence electrons. The van der Waals surface area contributed by atoms with Crippen molar-refractivity contribution < 1.29 is 57.5 Å². The molecule has 23 heavy (non-hydrogen) atoms. The van der Waals surface area contributed by atoms with Crippen LogP contribution in [0.5, 0.6) is 0 Å². The highest BCUT2D eigenvalue weighted by molar-refractivity contribution is 7.60. The van der Waals surface area contributed by atoms with Gasteiger partial charge < -0.3 is 40.5 Å². The van der Waals surface area contributed by atoms with E-state index < -0.39 is 58.2 Å². The number of Topliss-reactive ketones (excluding diaryl/α,β-unsaturated/α-hetero) is 1. The first-order valence-corrected chi connectivity index (χ1v) is 8.97. The van der Waals surface area contributed by atoms with Gasteiger partial charge in [0.15, 0.2) is 17.6 Å². The maximum atomic E-state index is 11.7. The summed E-state index contributed by atoms with van der Waals surface area (Å²) in [7, 11) is -10.9. The van der Waals surface area contributed by atoms with Crippen molar-refractivity contribution in [2.45, 2.75) is 37.1 Å². The van der Waals surface area contributed by atoms with Gasteiger partial charge in [-0.05, 0) is 6.92 Å². The van der Waals surface area contributed by atoms with E-state index in [-0.39, 0.29) is 0 Å². The van der Waals surface area contributed by atoms with E-state index in [1.807, 2.05) is 0 Å². The van der Waals surface area contributed by atoms with E-state index in [0.29, 0.717) is 0 Å². The fourth-order valence-corrected chi connectivity index (χ4v) is 3.58. The minimum absolute atomic E-state index is 0.848. The molecule has 0 aromatic heterocycles. The van der Waals surface area contributed by atoms with Crippen LogP contribution in [-0.2, 0) is 27.5 Å². The molecule has 0 amide bonds. The van der Waals surface area contributed by atoms with Crippen molar-refractivity contribution in [1.82, 2.24) is 0 Å². The van der Waals surface area contributed by atoms with Gasteiger partial charge in [0, 0.05) is 0 Å². The summed E-state index contributed by atoms with van der Waals surface area (Å²) in [6, 6.07) is 0. The zero-order valence-electron chi connectivity index (χ0n) is 11.6. The number of hydrogen-bond acceptors (Lipinski definition) is 10. The van der Waals surface area contributed by atoms with Crippen LogP contribution in [0.2, 0.25) is 0 Å².